The van der Waals surface area contributed by atoms with Crippen LogP contribution < -0.4 is 5.32 Å². The van der Waals surface area contributed by atoms with E-state index < -0.39 is 0 Å². The molecule has 0 aromatic heterocycles. The van der Waals surface area contributed by atoms with Crippen LogP contribution in [0.1, 0.15) is 33.6 Å². The summed E-state index contributed by atoms with van der Waals surface area (Å²) in [5.41, 5.74) is 0. The van der Waals surface area contributed by atoms with E-state index in [1.807, 2.05) is 20.8 Å². The summed E-state index contributed by atoms with van der Waals surface area (Å²) < 4.78 is 0. The number of carbonyl (C=O) groups is 1. The summed E-state index contributed by atoms with van der Waals surface area (Å²) in [5, 5.41) is 12.0. The second-order valence-electron chi connectivity index (χ2n) is 4.36. The molecule has 1 N–H and O–H groups in total. The molecule has 15 heavy (non-hydrogen) atoms. The van der Waals surface area contributed by atoms with Gasteiger partial charge in [-0.25, -0.2) is 0 Å². The van der Waals surface area contributed by atoms with Crippen LogP contribution in [-0.2, 0) is 4.79 Å². The highest BCUT2D eigenvalue weighted by Gasteiger charge is 2.31. The first-order valence-corrected chi connectivity index (χ1v) is 5.52. The number of carbonyl (C=O) groups excluding carboxylic acids is 1. The van der Waals surface area contributed by atoms with Crippen molar-refractivity contribution < 1.29 is 4.79 Å². The lowest BCUT2D eigenvalue weighted by molar-refractivity contribution is -0.133. The molecular weight excluding hydrogens is 190 g/mol. The fourth-order valence-corrected chi connectivity index (χ4v) is 1.98. The molecule has 4 heteroatoms. The van der Waals surface area contributed by atoms with Gasteiger partial charge in [-0.05, 0) is 19.8 Å². The van der Waals surface area contributed by atoms with Gasteiger partial charge < -0.3 is 10.2 Å². The minimum absolute atomic E-state index is 0.0488. The zero-order valence-electron chi connectivity index (χ0n) is 9.66. The highest BCUT2D eigenvalue weighted by molar-refractivity contribution is 5.82. The van der Waals surface area contributed by atoms with E-state index in [0.29, 0.717) is 0 Å². The van der Waals surface area contributed by atoms with Crippen molar-refractivity contribution in [3.8, 4) is 6.07 Å². The van der Waals surface area contributed by atoms with Crippen molar-refractivity contribution in [1.29, 1.82) is 5.26 Å². The molecule has 1 saturated heterocycles. The van der Waals surface area contributed by atoms with E-state index >= 15 is 0 Å². The molecule has 0 bridgehead atoms. The number of amides is 1. The highest BCUT2D eigenvalue weighted by Crippen LogP contribution is 2.17. The lowest BCUT2D eigenvalue weighted by atomic mass is 10.2. The number of nitrogens with one attached hydrogen (secondary N) is 1. The molecular formula is C11H19N3O. The summed E-state index contributed by atoms with van der Waals surface area (Å²) in [4.78, 5) is 13.7. The van der Waals surface area contributed by atoms with Gasteiger partial charge in [0, 0.05) is 12.6 Å². The number of rotatable bonds is 3. The molecule has 1 rings (SSSR count). The first-order valence-electron chi connectivity index (χ1n) is 5.52. The molecule has 0 aliphatic carbocycles. The van der Waals surface area contributed by atoms with E-state index in [0.717, 1.165) is 19.4 Å². The summed E-state index contributed by atoms with van der Waals surface area (Å²) in [6.07, 6.45) is 1.76. The molecule has 2 atom stereocenters. The standard InChI is InChI=1S/C11H19N3O/c1-8(2)13-9(3)11(15)14-6-4-5-10(14)7-12/h8-10,13H,4-6H2,1-3H3/t9?,10-/m0/s1. The maximum Gasteiger partial charge on any atom is 0.240 e. The third kappa shape index (κ3) is 2.93. The van der Waals surface area contributed by atoms with Crippen molar-refractivity contribution in [2.45, 2.75) is 51.7 Å². The van der Waals surface area contributed by atoms with Gasteiger partial charge in [-0.3, -0.25) is 4.79 Å². The minimum Gasteiger partial charge on any atom is -0.325 e. The van der Waals surface area contributed by atoms with Crippen LogP contribution in [0, 0.1) is 11.3 Å². The molecule has 1 aliphatic heterocycles. The first kappa shape index (κ1) is 12.0. The fraction of sp³-hybridized carbons (Fsp3) is 0.818. The summed E-state index contributed by atoms with van der Waals surface area (Å²) in [6, 6.07) is 2.06. The Kier molecular flexibility index (Phi) is 4.10. The van der Waals surface area contributed by atoms with Crippen molar-refractivity contribution in [2.75, 3.05) is 6.54 Å². The Bertz CT molecular complexity index is 269. The summed E-state index contributed by atoms with van der Waals surface area (Å²) in [6.45, 7) is 6.60. The van der Waals surface area contributed by atoms with Crippen LogP contribution in [0.2, 0.25) is 0 Å². The maximum atomic E-state index is 12.0. The monoisotopic (exact) mass is 209 g/mol. The van der Waals surface area contributed by atoms with Crippen LogP contribution in [-0.4, -0.2) is 35.5 Å². The Morgan fingerprint density at radius 2 is 2.20 bits per heavy atom. The molecule has 0 spiro atoms. The summed E-state index contributed by atoms with van der Waals surface area (Å²) in [7, 11) is 0. The molecule has 84 valence electrons. The lowest BCUT2D eigenvalue weighted by Crippen LogP contribution is -2.48. The number of hydrogen-bond donors (Lipinski definition) is 1. The summed E-state index contributed by atoms with van der Waals surface area (Å²) in [5.74, 6) is 0.0488. The van der Waals surface area contributed by atoms with Crippen molar-refractivity contribution in [2.24, 2.45) is 0 Å². The average Bonchev–Trinajstić information content (AvgIpc) is 2.62. The van der Waals surface area contributed by atoms with Gasteiger partial charge in [0.1, 0.15) is 6.04 Å². The number of likely N-dealkylation sites (tertiary alicyclic amines) is 1. The first-order chi connectivity index (χ1) is 7.06. The van der Waals surface area contributed by atoms with E-state index in [-0.39, 0.29) is 24.0 Å². The zero-order valence-corrected chi connectivity index (χ0v) is 9.66. The third-order valence-electron chi connectivity index (χ3n) is 2.64. The molecule has 1 heterocycles. The smallest absolute Gasteiger partial charge is 0.240 e. The SMILES string of the molecule is CC(C)NC(C)C(=O)N1CCC[C@H]1C#N. The van der Waals surface area contributed by atoms with Crippen molar-refractivity contribution in [3.63, 3.8) is 0 Å². The Labute approximate surface area is 91.2 Å². The van der Waals surface area contributed by atoms with Gasteiger partial charge in [0.2, 0.25) is 5.91 Å². The predicted octanol–water partition coefficient (Wildman–Crippen LogP) is 0.887. The van der Waals surface area contributed by atoms with Gasteiger partial charge in [0.25, 0.3) is 0 Å². The van der Waals surface area contributed by atoms with E-state index in [1.54, 1.807) is 4.90 Å². The third-order valence-corrected chi connectivity index (χ3v) is 2.64. The molecule has 4 nitrogen and oxygen atoms in total. The van der Waals surface area contributed by atoms with Gasteiger partial charge in [-0.2, -0.15) is 5.26 Å². The molecule has 0 aromatic carbocycles. The quantitative estimate of drug-likeness (QED) is 0.751. The second kappa shape index (κ2) is 5.13. The fourth-order valence-electron chi connectivity index (χ4n) is 1.98. The average molecular weight is 209 g/mol. The van der Waals surface area contributed by atoms with Crippen LogP contribution in [0.25, 0.3) is 0 Å². The van der Waals surface area contributed by atoms with Crippen LogP contribution in [0.4, 0.5) is 0 Å². The van der Waals surface area contributed by atoms with Crippen molar-refractivity contribution >= 4 is 5.91 Å². The molecule has 1 amide bonds. The van der Waals surface area contributed by atoms with Crippen LogP contribution in [0.3, 0.4) is 0 Å². The Morgan fingerprint density at radius 1 is 1.53 bits per heavy atom. The molecule has 1 aliphatic rings. The Balaban J connectivity index is 2.56. The van der Waals surface area contributed by atoms with Gasteiger partial charge in [0.15, 0.2) is 0 Å². The topological polar surface area (TPSA) is 56.1 Å². The number of hydrogen-bond acceptors (Lipinski definition) is 3. The van der Waals surface area contributed by atoms with E-state index in [9.17, 15) is 4.79 Å². The van der Waals surface area contributed by atoms with Crippen molar-refractivity contribution in [3.05, 3.63) is 0 Å². The minimum atomic E-state index is -0.214. The molecule has 0 radical (unpaired) electrons. The van der Waals surface area contributed by atoms with Crippen LogP contribution >= 0.6 is 0 Å². The second-order valence-corrected chi connectivity index (χ2v) is 4.36. The normalized spacial score (nSPS) is 22.9. The van der Waals surface area contributed by atoms with E-state index in [4.69, 9.17) is 5.26 Å². The molecule has 1 unspecified atom stereocenters. The zero-order chi connectivity index (χ0) is 11.4. The largest absolute Gasteiger partial charge is 0.325 e. The predicted molar refractivity (Wildman–Crippen MR) is 58.1 cm³/mol. The molecule has 0 aromatic rings. The number of nitrogens with zero attached hydrogens (tertiary/aromatic N) is 2. The molecule has 0 saturated carbocycles. The van der Waals surface area contributed by atoms with Crippen LogP contribution in [0.15, 0.2) is 0 Å². The highest BCUT2D eigenvalue weighted by atomic mass is 16.2. The maximum absolute atomic E-state index is 12.0. The number of nitriles is 1. The Morgan fingerprint density at radius 3 is 2.73 bits per heavy atom. The van der Waals surface area contributed by atoms with Gasteiger partial charge >= 0.3 is 0 Å². The van der Waals surface area contributed by atoms with Gasteiger partial charge in [0.05, 0.1) is 12.1 Å². The molecule has 1 fully saturated rings. The van der Waals surface area contributed by atoms with E-state index in [2.05, 4.69) is 11.4 Å². The lowest BCUT2D eigenvalue weighted by Gasteiger charge is -2.25. The van der Waals surface area contributed by atoms with Gasteiger partial charge in [-0.1, -0.05) is 13.8 Å². The van der Waals surface area contributed by atoms with Crippen molar-refractivity contribution in [1.82, 2.24) is 10.2 Å². The van der Waals surface area contributed by atoms with E-state index in [1.165, 1.54) is 0 Å². The Hall–Kier alpha value is -1.08. The van der Waals surface area contributed by atoms with Gasteiger partial charge in [-0.15, -0.1) is 0 Å². The summed E-state index contributed by atoms with van der Waals surface area (Å²) >= 11 is 0. The van der Waals surface area contributed by atoms with Crippen LogP contribution in [0.5, 0.6) is 0 Å².